The van der Waals surface area contributed by atoms with E-state index >= 15 is 0 Å². The van der Waals surface area contributed by atoms with E-state index in [4.69, 9.17) is 10.5 Å². The highest BCUT2D eigenvalue weighted by atomic mass is 16.5. The van der Waals surface area contributed by atoms with Crippen molar-refractivity contribution >= 4 is 27.5 Å². The lowest BCUT2D eigenvalue weighted by atomic mass is 10.1. The Labute approximate surface area is 169 Å². The summed E-state index contributed by atoms with van der Waals surface area (Å²) in [5.41, 5.74) is 9.39. The number of ether oxygens (including phenoxy) is 1. The van der Waals surface area contributed by atoms with Crippen LogP contribution < -0.4 is 10.5 Å². The number of nitrogens with zero attached hydrogens (tertiary/aromatic N) is 1. The Kier molecular flexibility index (Phi) is 7.64. The van der Waals surface area contributed by atoms with Crippen molar-refractivity contribution in [1.82, 2.24) is 4.57 Å². The highest BCUT2D eigenvalue weighted by Gasteiger charge is 2.13. The zero-order chi connectivity index (χ0) is 19.8. The number of unbranched alkanes of at least 4 members (excludes halogenated alkanes) is 9. The summed E-state index contributed by atoms with van der Waals surface area (Å²) in [5, 5.41) is 2.50. The summed E-state index contributed by atoms with van der Waals surface area (Å²) >= 11 is 0. The van der Waals surface area contributed by atoms with Crippen LogP contribution in [0.15, 0.2) is 36.4 Å². The first kappa shape index (κ1) is 20.6. The van der Waals surface area contributed by atoms with Crippen molar-refractivity contribution < 1.29 is 4.74 Å². The third-order valence-electron chi connectivity index (χ3n) is 5.86. The number of aromatic nitrogens is 1. The average molecular weight is 381 g/mol. The molecule has 2 N–H and O–H groups in total. The first-order chi connectivity index (χ1) is 13.8. The predicted octanol–water partition coefficient (Wildman–Crippen LogP) is 7.31. The van der Waals surface area contributed by atoms with Gasteiger partial charge in [-0.25, -0.2) is 0 Å². The molecule has 0 fully saturated rings. The van der Waals surface area contributed by atoms with E-state index in [0.717, 1.165) is 12.3 Å². The Balaban J connectivity index is 1.59. The minimum atomic E-state index is 0.705. The van der Waals surface area contributed by atoms with Gasteiger partial charge in [0.05, 0.1) is 18.3 Å². The van der Waals surface area contributed by atoms with E-state index in [-0.39, 0.29) is 0 Å². The van der Waals surface area contributed by atoms with Crippen molar-refractivity contribution in [3.8, 4) is 5.75 Å². The second-order valence-electron chi connectivity index (χ2n) is 7.96. The van der Waals surface area contributed by atoms with E-state index in [1.165, 1.54) is 86.0 Å². The maximum absolute atomic E-state index is 6.17. The number of anilines is 1. The fourth-order valence-electron chi connectivity index (χ4n) is 4.27. The molecule has 0 spiro atoms. The maximum Gasteiger partial charge on any atom is 0.143 e. The molecule has 0 saturated heterocycles. The number of fused-ring (bicyclic) bond motifs is 3. The van der Waals surface area contributed by atoms with E-state index in [2.05, 4.69) is 47.9 Å². The van der Waals surface area contributed by atoms with Gasteiger partial charge in [0, 0.05) is 28.9 Å². The molecule has 0 aliphatic heterocycles. The van der Waals surface area contributed by atoms with Crippen molar-refractivity contribution in [2.24, 2.45) is 0 Å². The van der Waals surface area contributed by atoms with Crippen molar-refractivity contribution in [3.05, 3.63) is 36.4 Å². The molecule has 0 atom stereocenters. The van der Waals surface area contributed by atoms with Gasteiger partial charge in [-0.05, 0) is 18.6 Å². The zero-order valence-corrected chi connectivity index (χ0v) is 17.7. The highest BCUT2D eigenvalue weighted by molar-refractivity contribution is 6.09. The maximum atomic E-state index is 6.17. The van der Waals surface area contributed by atoms with Gasteiger partial charge in [0.1, 0.15) is 5.75 Å². The van der Waals surface area contributed by atoms with Crippen molar-refractivity contribution in [2.45, 2.75) is 77.7 Å². The first-order valence-corrected chi connectivity index (χ1v) is 11.1. The van der Waals surface area contributed by atoms with Gasteiger partial charge in [-0.1, -0.05) is 82.9 Å². The van der Waals surface area contributed by atoms with Crippen LogP contribution in [0.3, 0.4) is 0 Å². The molecule has 3 rings (SSSR count). The Bertz CT molecular complexity index is 881. The van der Waals surface area contributed by atoms with Gasteiger partial charge in [-0.3, -0.25) is 0 Å². The summed E-state index contributed by atoms with van der Waals surface area (Å²) in [6.07, 6.45) is 13.6. The molecule has 1 aromatic heterocycles. The third-order valence-corrected chi connectivity index (χ3v) is 5.86. The predicted molar refractivity (Wildman–Crippen MR) is 122 cm³/mol. The number of benzene rings is 2. The number of hydrogen-bond donors (Lipinski definition) is 1. The van der Waals surface area contributed by atoms with Crippen LogP contribution in [0.2, 0.25) is 0 Å². The molecule has 2 aromatic carbocycles. The first-order valence-electron chi connectivity index (χ1n) is 11.1. The highest BCUT2D eigenvalue weighted by Crippen LogP contribution is 2.35. The van der Waals surface area contributed by atoms with Gasteiger partial charge in [-0.2, -0.15) is 0 Å². The van der Waals surface area contributed by atoms with Gasteiger partial charge < -0.3 is 15.0 Å². The number of aryl methyl sites for hydroxylation is 1. The van der Waals surface area contributed by atoms with Gasteiger partial charge in [0.25, 0.3) is 0 Å². The molecule has 0 radical (unpaired) electrons. The van der Waals surface area contributed by atoms with Crippen LogP contribution >= 0.6 is 0 Å². The molecule has 3 heteroatoms. The Hall–Kier alpha value is -2.16. The molecule has 3 nitrogen and oxygen atoms in total. The molecular weight excluding hydrogens is 344 g/mol. The van der Waals surface area contributed by atoms with Crippen molar-refractivity contribution in [2.75, 3.05) is 12.8 Å². The van der Waals surface area contributed by atoms with Gasteiger partial charge in [0.15, 0.2) is 0 Å². The molecule has 3 aromatic rings. The van der Waals surface area contributed by atoms with Crippen LogP contribution in [-0.4, -0.2) is 11.7 Å². The summed E-state index contributed by atoms with van der Waals surface area (Å²) in [4.78, 5) is 0. The number of methoxy groups -OCH3 is 1. The second-order valence-corrected chi connectivity index (χ2v) is 7.96. The minimum absolute atomic E-state index is 0.705. The van der Waals surface area contributed by atoms with E-state index in [1.807, 2.05) is 0 Å². The van der Waals surface area contributed by atoms with Gasteiger partial charge in [0.2, 0.25) is 0 Å². The van der Waals surface area contributed by atoms with Crippen LogP contribution in [0.4, 0.5) is 5.69 Å². The van der Waals surface area contributed by atoms with Crippen molar-refractivity contribution in [3.63, 3.8) is 0 Å². The number of hydrogen-bond acceptors (Lipinski definition) is 2. The molecule has 1 heterocycles. The number of nitrogens with two attached hydrogens (primary N) is 1. The number of rotatable bonds is 12. The van der Waals surface area contributed by atoms with E-state index < -0.39 is 0 Å². The average Bonchev–Trinajstić information content (AvgIpc) is 3.01. The molecular formula is C25H36N2O. The molecule has 28 heavy (non-hydrogen) atoms. The molecule has 0 bridgehead atoms. The molecule has 0 aliphatic rings. The summed E-state index contributed by atoms with van der Waals surface area (Å²) in [5.74, 6) is 0.764. The number of para-hydroxylation sites is 1. The second kappa shape index (κ2) is 10.4. The largest absolute Gasteiger partial charge is 0.495 e. The van der Waals surface area contributed by atoms with E-state index in [9.17, 15) is 0 Å². The van der Waals surface area contributed by atoms with E-state index in [0.29, 0.717) is 5.69 Å². The van der Waals surface area contributed by atoms with Crippen LogP contribution in [0.25, 0.3) is 21.8 Å². The third kappa shape index (κ3) is 4.81. The lowest BCUT2D eigenvalue weighted by Gasteiger charge is -2.09. The SMILES string of the molecule is CCCCCCCCCCCCn1c2ccccc2c2cc(N)c(OC)cc21. The summed E-state index contributed by atoms with van der Waals surface area (Å²) < 4.78 is 7.91. The van der Waals surface area contributed by atoms with Crippen LogP contribution in [0.5, 0.6) is 5.75 Å². The van der Waals surface area contributed by atoms with Crippen LogP contribution in [0.1, 0.15) is 71.1 Å². The lowest BCUT2D eigenvalue weighted by Crippen LogP contribution is -1.99. The zero-order valence-electron chi connectivity index (χ0n) is 17.7. The van der Waals surface area contributed by atoms with Gasteiger partial charge >= 0.3 is 0 Å². The molecule has 0 aliphatic carbocycles. The quantitative estimate of drug-likeness (QED) is 0.264. The lowest BCUT2D eigenvalue weighted by molar-refractivity contribution is 0.417. The van der Waals surface area contributed by atoms with Crippen LogP contribution in [-0.2, 0) is 6.54 Å². The Morgan fingerprint density at radius 2 is 1.43 bits per heavy atom. The minimum Gasteiger partial charge on any atom is -0.495 e. The summed E-state index contributed by atoms with van der Waals surface area (Å²) in [6.45, 7) is 3.33. The summed E-state index contributed by atoms with van der Waals surface area (Å²) in [6, 6.07) is 12.8. The molecule has 0 saturated carbocycles. The topological polar surface area (TPSA) is 40.2 Å². The fraction of sp³-hybridized carbons (Fsp3) is 0.520. The Morgan fingerprint density at radius 3 is 2.11 bits per heavy atom. The molecule has 0 unspecified atom stereocenters. The smallest absolute Gasteiger partial charge is 0.143 e. The molecule has 0 amide bonds. The fourth-order valence-corrected chi connectivity index (χ4v) is 4.27. The monoisotopic (exact) mass is 380 g/mol. The van der Waals surface area contributed by atoms with Gasteiger partial charge in [-0.15, -0.1) is 0 Å². The summed E-state index contributed by atoms with van der Waals surface area (Å²) in [7, 11) is 1.69. The van der Waals surface area contributed by atoms with Crippen LogP contribution in [0, 0.1) is 0 Å². The standard InChI is InChI=1S/C25H36N2O/c1-3-4-5-6-7-8-9-10-11-14-17-27-23-16-13-12-15-20(23)21-18-22(26)25(28-2)19-24(21)27/h12-13,15-16,18-19H,3-11,14,17,26H2,1-2H3. The van der Waals surface area contributed by atoms with Crippen molar-refractivity contribution in [1.29, 1.82) is 0 Å². The Morgan fingerprint density at radius 1 is 0.786 bits per heavy atom. The normalized spacial score (nSPS) is 11.5. The number of nitrogen functional groups attached to an aromatic ring is 1. The molecule has 152 valence electrons. The van der Waals surface area contributed by atoms with E-state index in [1.54, 1.807) is 7.11 Å².